The Bertz CT molecular complexity index is 1110. The number of carbonyl (C=O) groups excluding carboxylic acids is 3. The van der Waals surface area contributed by atoms with Crippen LogP contribution in [-0.4, -0.2) is 64.6 Å². The molecular formula is C29H41N5O6. The van der Waals surface area contributed by atoms with Crippen molar-refractivity contribution in [3.05, 3.63) is 65.7 Å². The minimum Gasteiger partial charge on any atom is -0.508 e. The summed E-state index contributed by atoms with van der Waals surface area (Å²) in [6, 6.07) is 11.1. The van der Waals surface area contributed by atoms with Crippen LogP contribution in [-0.2, 0) is 32.0 Å². The SMILES string of the molecule is CC(C)C(NC(=O)C(Cc1ccc(O)cc1)NC(=O)C(CCCCN)NC(=O)C(N)Cc1ccccc1)C(=O)O. The molecule has 0 heterocycles. The summed E-state index contributed by atoms with van der Waals surface area (Å²) in [4.78, 5) is 51.3. The molecule has 4 atom stereocenters. The number of hydrogen-bond donors (Lipinski definition) is 7. The van der Waals surface area contributed by atoms with Gasteiger partial charge in [0, 0.05) is 6.42 Å². The molecule has 0 aromatic heterocycles. The summed E-state index contributed by atoms with van der Waals surface area (Å²) >= 11 is 0. The number of phenolic OH excluding ortho intramolecular Hbond substituents is 1. The molecule has 0 spiro atoms. The van der Waals surface area contributed by atoms with Crippen molar-refractivity contribution in [2.24, 2.45) is 17.4 Å². The van der Waals surface area contributed by atoms with Gasteiger partial charge in [-0.2, -0.15) is 0 Å². The molecule has 11 heteroatoms. The number of nitrogens with one attached hydrogen (secondary N) is 3. The van der Waals surface area contributed by atoms with Crippen LogP contribution in [0.4, 0.5) is 0 Å². The molecule has 0 aliphatic heterocycles. The lowest BCUT2D eigenvalue weighted by Gasteiger charge is -2.26. The fraction of sp³-hybridized carbons (Fsp3) is 0.448. The van der Waals surface area contributed by atoms with Crippen LogP contribution in [0.5, 0.6) is 5.75 Å². The number of carboxylic acid groups (broad SMARTS) is 1. The normalized spacial score (nSPS) is 14.0. The first-order valence-electron chi connectivity index (χ1n) is 13.4. The van der Waals surface area contributed by atoms with E-state index in [1.165, 1.54) is 12.1 Å². The minimum atomic E-state index is -1.20. The Morgan fingerprint density at radius 2 is 1.35 bits per heavy atom. The van der Waals surface area contributed by atoms with Crippen molar-refractivity contribution < 1.29 is 29.4 Å². The van der Waals surface area contributed by atoms with Crippen LogP contribution in [0.25, 0.3) is 0 Å². The maximum atomic E-state index is 13.4. The van der Waals surface area contributed by atoms with E-state index in [4.69, 9.17) is 11.5 Å². The summed E-state index contributed by atoms with van der Waals surface area (Å²) in [5.74, 6) is -3.36. The van der Waals surface area contributed by atoms with Crippen LogP contribution in [0.1, 0.15) is 44.2 Å². The Hall–Kier alpha value is -3.96. The fourth-order valence-electron chi connectivity index (χ4n) is 4.12. The molecular weight excluding hydrogens is 514 g/mol. The second-order valence-electron chi connectivity index (χ2n) is 10.1. The van der Waals surface area contributed by atoms with E-state index >= 15 is 0 Å². The van der Waals surface area contributed by atoms with Crippen molar-refractivity contribution in [3.8, 4) is 5.75 Å². The monoisotopic (exact) mass is 555 g/mol. The van der Waals surface area contributed by atoms with Gasteiger partial charge in [0.25, 0.3) is 0 Å². The molecule has 11 nitrogen and oxygen atoms in total. The predicted molar refractivity (Wildman–Crippen MR) is 151 cm³/mol. The van der Waals surface area contributed by atoms with E-state index in [1.807, 2.05) is 30.3 Å². The van der Waals surface area contributed by atoms with Crippen LogP contribution in [0.15, 0.2) is 54.6 Å². The molecule has 9 N–H and O–H groups in total. The maximum absolute atomic E-state index is 13.4. The highest BCUT2D eigenvalue weighted by Gasteiger charge is 2.31. The Morgan fingerprint density at radius 1 is 0.775 bits per heavy atom. The van der Waals surface area contributed by atoms with E-state index in [0.29, 0.717) is 24.9 Å². The predicted octanol–water partition coefficient (Wildman–Crippen LogP) is 0.829. The van der Waals surface area contributed by atoms with Crippen molar-refractivity contribution in [1.82, 2.24) is 16.0 Å². The highest BCUT2D eigenvalue weighted by atomic mass is 16.4. The van der Waals surface area contributed by atoms with E-state index in [2.05, 4.69) is 16.0 Å². The van der Waals surface area contributed by atoms with E-state index < -0.39 is 53.8 Å². The van der Waals surface area contributed by atoms with Gasteiger partial charge in [0.2, 0.25) is 17.7 Å². The van der Waals surface area contributed by atoms with Gasteiger partial charge in [0.05, 0.1) is 6.04 Å². The van der Waals surface area contributed by atoms with Crippen molar-refractivity contribution >= 4 is 23.7 Å². The van der Waals surface area contributed by atoms with E-state index in [0.717, 1.165) is 5.56 Å². The first kappa shape index (κ1) is 32.3. The molecule has 4 unspecified atom stereocenters. The van der Waals surface area contributed by atoms with Crippen molar-refractivity contribution in [2.45, 2.75) is 70.1 Å². The maximum Gasteiger partial charge on any atom is 0.326 e. The molecule has 2 rings (SSSR count). The molecule has 0 aliphatic carbocycles. The smallest absolute Gasteiger partial charge is 0.326 e. The number of unbranched alkanes of at least 4 members (excludes halogenated alkanes) is 1. The number of phenols is 1. The Morgan fingerprint density at radius 3 is 1.93 bits per heavy atom. The van der Waals surface area contributed by atoms with Gasteiger partial charge in [-0.25, -0.2) is 4.79 Å². The first-order valence-corrected chi connectivity index (χ1v) is 13.4. The zero-order valence-corrected chi connectivity index (χ0v) is 23.0. The second kappa shape index (κ2) is 16.2. The van der Waals surface area contributed by atoms with Gasteiger partial charge in [-0.1, -0.05) is 56.3 Å². The third kappa shape index (κ3) is 10.7. The van der Waals surface area contributed by atoms with E-state index in [9.17, 15) is 29.4 Å². The molecule has 3 amide bonds. The second-order valence-corrected chi connectivity index (χ2v) is 10.1. The van der Waals surface area contributed by atoms with E-state index in [-0.39, 0.29) is 25.0 Å². The zero-order chi connectivity index (χ0) is 29.7. The van der Waals surface area contributed by atoms with Crippen LogP contribution < -0.4 is 27.4 Å². The molecule has 0 aliphatic rings. The van der Waals surface area contributed by atoms with Gasteiger partial charge in [-0.05, 0) is 61.4 Å². The Kier molecular flexibility index (Phi) is 13.1. The standard InChI is InChI=1S/C29H41N5O6/c1-18(2)25(29(39)40)34-28(38)24(17-20-11-13-21(35)14-12-20)33-27(37)23(10-6-7-15-30)32-26(36)22(31)16-19-8-4-3-5-9-19/h3-5,8-9,11-14,18,22-25,35H,6-7,10,15-17,30-31H2,1-2H3,(H,32,36)(H,33,37)(H,34,38)(H,39,40). The number of aromatic hydroxyl groups is 1. The van der Waals surface area contributed by atoms with Crippen LogP contribution in [0, 0.1) is 5.92 Å². The van der Waals surface area contributed by atoms with Gasteiger partial charge < -0.3 is 37.6 Å². The van der Waals surface area contributed by atoms with Gasteiger partial charge in [0.1, 0.15) is 23.9 Å². The number of carbonyl (C=O) groups is 4. The highest BCUT2D eigenvalue weighted by molar-refractivity contribution is 5.94. The summed E-state index contributed by atoms with van der Waals surface area (Å²) in [5, 5.41) is 27.1. The minimum absolute atomic E-state index is 0.0271. The number of benzene rings is 2. The zero-order valence-electron chi connectivity index (χ0n) is 23.0. The molecule has 40 heavy (non-hydrogen) atoms. The van der Waals surface area contributed by atoms with E-state index in [1.54, 1.807) is 26.0 Å². The molecule has 2 aromatic carbocycles. The molecule has 0 saturated heterocycles. The quantitative estimate of drug-likeness (QED) is 0.148. The third-order valence-electron chi connectivity index (χ3n) is 6.45. The summed E-state index contributed by atoms with van der Waals surface area (Å²) < 4.78 is 0. The molecule has 0 fully saturated rings. The fourth-order valence-corrected chi connectivity index (χ4v) is 4.12. The number of aliphatic carboxylic acids is 1. The van der Waals surface area contributed by atoms with Crippen LogP contribution in [0.3, 0.4) is 0 Å². The average Bonchev–Trinajstić information content (AvgIpc) is 2.91. The summed E-state index contributed by atoms with van der Waals surface area (Å²) in [7, 11) is 0. The largest absolute Gasteiger partial charge is 0.508 e. The Labute approximate surface area is 234 Å². The van der Waals surface area contributed by atoms with Crippen LogP contribution >= 0.6 is 0 Å². The number of amides is 3. The van der Waals surface area contributed by atoms with Gasteiger partial charge in [-0.15, -0.1) is 0 Å². The average molecular weight is 556 g/mol. The highest BCUT2D eigenvalue weighted by Crippen LogP contribution is 2.13. The third-order valence-corrected chi connectivity index (χ3v) is 6.45. The number of rotatable bonds is 16. The summed E-state index contributed by atoms with van der Waals surface area (Å²) in [5.41, 5.74) is 13.2. The van der Waals surface area contributed by atoms with Crippen molar-refractivity contribution in [3.63, 3.8) is 0 Å². The molecule has 218 valence electrons. The lowest BCUT2D eigenvalue weighted by atomic mass is 10.0. The summed E-state index contributed by atoms with van der Waals surface area (Å²) in [6.45, 7) is 3.73. The van der Waals surface area contributed by atoms with Gasteiger partial charge in [0.15, 0.2) is 0 Å². The Balaban J connectivity index is 2.22. The van der Waals surface area contributed by atoms with Crippen molar-refractivity contribution in [1.29, 1.82) is 0 Å². The molecule has 0 radical (unpaired) electrons. The lowest BCUT2D eigenvalue weighted by molar-refractivity contribution is -0.143. The van der Waals surface area contributed by atoms with Gasteiger partial charge in [-0.3, -0.25) is 14.4 Å². The summed E-state index contributed by atoms with van der Waals surface area (Å²) in [6.07, 6.45) is 1.75. The molecule has 0 bridgehead atoms. The topological polar surface area (TPSA) is 197 Å². The first-order chi connectivity index (χ1) is 19.0. The number of nitrogens with two attached hydrogens (primary N) is 2. The molecule has 0 saturated carbocycles. The van der Waals surface area contributed by atoms with Crippen LogP contribution in [0.2, 0.25) is 0 Å². The molecule has 2 aromatic rings. The number of carboxylic acids is 1. The van der Waals surface area contributed by atoms with Crippen molar-refractivity contribution in [2.75, 3.05) is 6.54 Å². The van der Waals surface area contributed by atoms with Gasteiger partial charge >= 0.3 is 5.97 Å². The lowest BCUT2D eigenvalue weighted by Crippen LogP contribution is -2.58. The number of hydrogen-bond acceptors (Lipinski definition) is 7.